The molecule has 5 rings (SSSR count). The number of carbonyl (C=O) groups is 2. The molecular weight excluding hydrogens is 751 g/mol. The van der Waals surface area contributed by atoms with Gasteiger partial charge in [-0.1, -0.05) is 48.5 Å². The molecule has 13 heteroatoms. The van der Waals surface area contributed by atoms with Crippen LogP contribution in [0.1, 0.15) is 22.3 Å². The van der Waals surface area contributed by atoms with Gasteiger partial charge in [-0.2, -0.15) is 0 Å². The number of hydrogen-bond acceptors (Lipinski definition) is 11. The summed E-state index contributed by atoms with van der Waals surface area (Å²) in [5.74, 6) is 2.25. The molecule has 0 saturated carbocycles. The number of methoxy groups -OCH3 is 2. The zero-order chi connectivity index (χ0) is 42.3. The van der Waals surface area contributed by atoms with Crippen molar-refractivity contribution in [2.45, 2.75) is 26.2 Å². The third-order valence-corrected chi connectivity index (χ3v) is 9.43. The molecule has 2 amide bonds. The van der Waals surface area contributed by atoms with Gasteiger partial charge in [-0.3, -0.25) is 9.80 Å². The van der Waals surface area contributed by atoms with E-state index in [1.807, 2.05) is 154 Å². The maximum absolute atomic E-state index is 13.5. The van der Waals surface area contributed by atoms with Crippen LogP contribution in [0.5, 0.6) is 23.0 Å². The Morgan fingerprint density at radius 1 is 0.407 bits per heavy atom. The van der Waals surface area contributed by atoms with E-state index in [4.69, 9.17) is 28.4 Å². The molecule has 0 radical (unpaired) electrons. The minimum absolute atomic E-state index is 0.311. The standard InChI is InChI=1S/C46H55N5O8/c1-47(2)38-17-9-34(10-18-38)28-50(30-36-13-21-41(54-7)22-14-36)45(52)58-32-56-43-25-40(49(5)6)26-44(27-43)57-33-59-46(53)51(31-37-15-23-42(55-8)24-16-37)29-35-11-19-39(20-12-35)48(3)4/h9-27H,28-33H2,1-8H3. The summed E-state index contributed by atoms with van der Waals surface area (Å²) in [5, 5.41) is 0. The van der Waals surface area contributed by atoms with Crippen LogP contribution in [0.3, 0.4) is 0 Å². The second-order valence-electron chi connectivity index (χ2n) is 14.4. The smallest absolute Gasteiger partial charge is 0.413 e. The van der Waals surface area contributed by atoms with E-state index in [0.29, 0.717) is 37.7 Å². The Hall–Kier alpha value is -6.76. The molecule has 312 valence electrons. The van der Waals surface area contributed by atoms with Crippen molar-refractivity contribution in [1.29, 1.82) is 0 Å². The Morgan fingerprint density at radius 2 is 0.712 bits per heavy atom. The minimum Gasteiger partial charge on any atom is -0.497 e. The highest BCUT2D eigenvalue weighted by molar-refractivity contribution is 5.68. The van der Waals surface area contributed by atoms with Gasteiger partial charge < -0.3 is 43.1 Å². The van der Waals surface area contributed by atoms with Crippen molar-refractivity contribution in [2.24, 2.45) is 0 Å². The summed E-state index contributed by atoms with van der Waals surface area (Å²) in [7, 11) is 14.9. The average molecular weight is 806 g/mol. The Bertz CT molecular complexity index is 1930. The fourth-order valence-corrected chi connectivity index (χ4v) is 5.97. The molecule has 0 heterocycles. The van der Waals surface area contributed by atoms with Crippen LogP contribution in [0.15, 0.2) is 115 Å². The van der Waals surface area contributed by atoms with Gasteiger partial charge >= 0.3 is 12.2 Å². The second kappa shape index (κ2) is 21.1. The highest BCUT2D eigenvalue weighted by atomic mass is 16.7. The van der Waals surface area contributed by atoms with E-state index in [1.54, 1.807) is 42.2 Å². The van der Waals surface area contributed by atoms with Crippen molar-refractivity contribution in [2.75, 3.05) is 84.8 Å². The molecule has 0 spiro atoms. The molecule has 0 N–H and O–H groups in total. The SMILES string of the molecule is COc1ccc(CN(Cc2ccc(N(C)C)cc2)C(=O)OCOc2cc(OCOC(=O)N(Cc3ccc(OC)cc3)Cc3ccc(N(C)C)cc3)cc(N(C)C)c2)cc1. The van der Waals surface area contributed by atoms with Gasteiger partial charge in [-0.25, -0.2) is 9.59 Å². The normalized spacial score (nSPS) is 10.6. The summed E-state index contributed by atoms with van der Waals surface area (Å²) in [5.41, 5.74) is 6.61. The molecule has 5 aromatic carbocycles. The molecule has 0 unspecified atom stereocenters. The quantitative estimate of drug-likeness (QED) is 0.0754. The predicted molar refractivity (Wildman–Crippen MR) is 231 cm³/mol. The van der Waals surface area contributed by atoms with Gasteiger partial charge in [-0.15, -0.1) is 0 Å². The lowest BCUT2D eigenvalue weighted by molar-refractivity contribution is 0.0292. The number of rotatable bonds is 19. The Balaban J connectivity index is 1.22. The number of benzene rings is 5. The summed E-state index contributed by atoms with van der Waals surface area (Å²) in [6.45, 7) is 0.575. The fourth-order valence-electron chi connectivity index (χ4n) is 5.97. The van der Waals surface area contributed by atoms with Crippen molar-refractivity contribution in [1.82, 2.24) is 9.80 Å². The molecule has 0 aliphatic carbocycles. The summed E-state index contributed by atoms with van der Waals surface area (Å²) in [6, 6.07) is 36.4. The zero-order valence-corrected chi connectivity index (χ0v) is 35.2. The molecule has 0 fully saturated rings. The molecule has 0 saturated heterocycles. The molecule has 0 atom stereocenters. The van der Waals surface area contributed by atoms with E-state index in [9.17, 15) is 9.59 Å². The van der Waals surface area contributed by atoms with Crippen molar-refractivity contribution in [3.05, 3.63) is 138 Å². The largest absolute Gasteiger partial charge is 0.497 e. The van der Waals surface area contributed by atoms with E-state index in [1.165, 1.54) is 0 Å². The second-order valence-corrected chi connectivity index (χ2v) is 14.4. The van der Waals surface area contributed by atoms with E-state index in [-0.39, 0.29) is 13.6 Å². The fraction of sp³-hybridized carbons (Fsp3) is 0.304. The first-order valence-corrected chi connectivity index (χ1v) is 19.1. The molecular formula is C46H55N5O8. The Morgan fingerprint density at radius 3 is 1.00 bits per heavy atom. The van der Waals surface area contributed by atoms with Gasteiger partial charge in [0.15, 0.2) is 0 Å². The number of amides is 2. The van der Waals surface area contributed by atoms with E-state index in [0.717, 1.165) is 50.8 Å². The van der Waals surface area contributed by atoms with Gasteiger partial charge in [0, 0.05) is 104 Å². The van der Waals surface area contributed by atoms with Crippen LogP contribution in [0.2, 0.25) is 0 Å². The molecule has 59 heavy (non-hydrogen) atoms. The minimum atomic E-state index is -0.544. The lowest BCUT2D eigenvalue weighted by atomic mass is 10.1. The Kier molecular flexibility index (Phi) is 15.5. The van der Waals surface area contributed by atoms with E-state index >= 15 is 0 Å². The summed E-state index contributed by atoms with van der Waals surface area (Å²) in [6.07, 6.45) is -1.09. The number of hydrogen-bond donors (Lipinski definition) is 0. The topological polar surface area (TPSA) is 106 Å². The molecule has 5 aromatic rings. The van der Waals surface area contributed by atoms with Gasteiger partial charge in [0.2, 0.25) is 13.6 Å². The lowest BCUT2D eigenvalue weighted by Crippen LogP contribution is -2.31. The number of anilines is 3. The third kappa shape index (κ3) is 13.1. The summed E-state index contributed by atoms with van der Waals surface area (Å²) >= 11 is 0. The maximum Gasteiger partial charge on any atom is 0.413 e. The van der Waals surface area contributed by atoms with Crippen LogP contribution in [-0.4, -0.2) is 92.1 Å². The number of nitrogens with zero attached hydrogens (tertiary/aromatic N) is 5. The van der Waals surface area contributed by atoms with E-state index in [2.05, 4.69) is 0 Å². The average Bonchev–Trinajstić information content (AvgIpc) is 3.24. The highest BCUT2D eigenvalue weighted by Crippen LogP contribution is 2.28. The molecule has 0 aliphatic rings. The van der Waals surface area contributed by atoms with Crippen molar-refractivity contribution in [3.8, 4) is 23.0 Å². The number of ether oxygens (including phenoxy) is 6. The van der Waals surface area contributed by atoms with Crippen molar-refractivity contribution < 1.29 is 38.0 Å². The van der Waals surface area contributed by atoms with Crippen LogP contribution in [0.4, 0.5) is 26.7 Å². The molecule has 13 nitrogen and oxygen atoms in total. The van der Waals surface area contributed by atoms with Crippen molar-refractivity contribution in [3.63, 3.8) is 0 Å². The number of carbonyl (C=O) groups excluding carboxylic acids is 2. The first kappa shape index (κ1) is 43.4. The molecule has 0 aliphatic heterocycles. The first-order chi connectivity index (χ1) is 28.4. The van der Waals surface area contributed by atoms with Crippen LogP contribution in [0, 0.1) is 0 Å². The predicted octanol–water partition coefficient (Wildman–Crippen LogP) is 8.25. The first-order valence-electron chi connectivity index (χ1n) is 19.1. The van der Waals surface area contributed by atoms with Crippen molar-refractivity contribution >= 4 is 29.2 Å². The van der Waals surface area contributed by atoms with Crippen LogP contribution in [0.25, 0.3) is 0 Å². The van der Waals surface area contributed by atoms with Crippen LogP contribution < -0.4 is 33.6 Å². The van der Waals surface area contributed by atoms with Gasteiger partial charge in [-0.05, 0) is 70.8 Å². The summed E-state index contributed by atoms with van der Waals surface area (Å²) < 4.78 is 33.8. The summed E-state index contributed by atoms with van der Waals surface area (Å²) in [4.78, 5) is 36.2. The zero-order valence-electron chi connectivity index (χ0n) is 35.2. The lowest BCUT2D eigenvalue weighted by Gasteiger charge is -2.24. The van der Waals surface area contributed by atoms with Gasteiger partial charge in [0.1, 0.15) is 23.0 Å². The Labute approximate surface area is 347 Å². The molecule has 0 aromatic heterocycles. The van der Waals surface area contributed by atoms with E-state index < -0.39 is 12.2 Å². The van der Waals surface area contributed by atoms with Gasteiger partial charge in [0.25, 0.3) is 0 Å². The van der Waals surface area contributed by atoms with Crippen LogP contribution in [-0.2, 0) is 35.7 Å². The molecule has 0 bridgehead atoms. The van der Waals surface area contributed by atoms with Gasteiger partial charge in [0.05, 0.1) is 14.2 Å². The monoisotopic (exact) mass is 805 g/mol. The third-order valence-electron chi connectivity index (χ3n) is 9.43. The maximum atomic E-state index is 13.5. The highest BCUT2D eigenvalue weighted by Gasteiger charge is 2.19. The van der Waals surface area contributed by atoms with Crippen LogP contribution >= 0.6 is 0 Å².